The van der Waals surface area contributed by atoms with Gasteiger partial charge in [0.15, 0.2) is 6.20 Å². The fraction of sp³-hybridized carbons (Fsp3) is 0.0465. The summed E-state index contributed by atoms with van der Waals surface area (Å²) in [5.41, 5.74) is 2.51. The molecule has 1 heteroatoms. The van der Waals surface area contributed by atoms with E-state index in [-0.39, 0.29) is 0 Å². The molecule has 0 aliphatic heterocycles. The molecule has 0 radical (unpaired) electrons. The molecule has 12 bridgehead atoms. The first kappa shape index (κ1) is 24.0. The summed E-state index contributed by atoms with van der Waals surface area (Å²) in [4.78, 5) is 0. The molecule has 0 fully saturated rings. The molecular formula is C43H28N+. The lowest BCUT2D eigenvalue weighted by atomic mass is 9.94. The third-order valence-corrected chi connectivity index (χ3v) is 10.1. The predicted octanol–water partition coefficient (Wildman–Crippen LogP) is 11.2. The highest BCUT2D eigenvalue weighted by atomic mass is 14.9. The van der Waals surface area contributed by atoms with Gasteiger partial charge in [0.1, 0.15) is 7.05 Å². The molecule has 0 aliphatic carbocycles. The summed E-state index contributed by atoms with van der Waals surface area (Å²) in [6, 6.07) is 48.6. The second-order valence-corrected chi connectivity index (χ2v) is 12.6. The number of rotatable bonds is 0. The molecule has 0 aliphatic rings. The monoisotopic (exact) mass is 558 g/mol. The second kappa shape index (κ2) is 8.52. The Morgan fingerprint density at radius 2 is 0.659 bits per heavy atom. The van der Waals surface area contributed by atoms with Crippen LogP contribution in [0.3, 0.4) is 0 Å². The predicted molar refractivity (Wildman–Crippen MR) is 190 cm³/mol. The van der Waals surface area contributed by atoms with E-state index >= 15 is 0 Å². The van der Waals surface area contributed by atoms with Gasteiger partial charge in [0.05, 0.1) is 0 Å². The number of aromatic nitrogens is 1. The average molecular weight is 559 g/mol. The minimum atomic E-state index is 1.23. The lowest BCUT2D eigenvalue weighted by molar-refractivity contribution is -0.643. The van der Waals surface area contributed by atoms with Crippen LogP contribution in [0, 0.1) is 6.92 Å². The molecule has 1 heterocycles. The molecule has 0 spiro atoms. The van der Waals surface area contributed by atoms with Crippen LogP contribution in [0.5, 0.6) is 0 Å². The number of aryl methyl sites for hydroxylation is 2. The van der Waals surface area contributed by atoms with Crippen molar-refractivity contribution >= 4 is 97.1 Å². The minimum Gasteiger partial charge on any atom is -0.200 e. The van der Waals surface area contributed by atoms with Crippen LogP contribution in [0.15, 0.2) is 134 Å². The zero-order valence-electron chi connectivity index (χ0n) is 24.6. The van der Waals surface area contributed by atoms with Crippen LogP contribution in [-0.4, -0.2) is 0 Å². The van der Waals surface area contributed by atoms with Crippen LogP contribution in [-0.2, 0) is 7.05 Å². The Kier molecular flexibility index (Phi) is 4.64. The van der Waals surface area contributed by atoms with Gasteiger partial charge in [-0.3, -0.25) is 0 Å². The summed E-state index contributed by atoms with van der Waals surface area (Å²) in [5, 5.41) is 21.6. The zero-order valence-corrected chi connectivity index (χ0v) is 24.6. The number of benzene rings is 8. The van der Waals surface area contributed by atoms with E-state index in [0.29, 0.717) is 0 Å². The van der Waals surface area contributed by atoms with E-state index in [1.165, 1.54) is 103 Å². The number of hydrogen-bond donors (Lipinski definition) is 0. The minimum absolute atomic E-state index is 1.23. The van der Waals surface area contributed by atoms with E-state index in [1.807, 2.05) is 0 Å². The molecule has 0 saturated heterocycles. The molecule has 0 N–H and O–H groups in total. The van der Waals surface area contributed by atoms with Crippen molar-refractivity contribution < 1.29 is 4.57 Å². The van der Waals surface area contributed by atoms with Crippen molar-refractivity contribution in [3.05, 3.63) is 139 Å². The quantitative estimate of drug-likeness (QED) is 0.129. The van der Waals surface area contributed by atoms with Crippen LogP contribution in [0.1, 0.15) is 5.56 Å². The molecule has 0 atom stereocenters. The van der Waals surface area contributed by atoms with Crippen molar-refractivity contribution in [1.29, 1.82) is 0 Å². The van der Waals surface area contributed by atoms with Crippen LogP contribution in [0.4, 0.5) is 0 Å². The molecule has 0 saturated carbocycles. The van der Waals surface area contributed by atoms with Gasteiger partial charge in [-0.05, 0) is 124 Å². The molecule has 0 unspecified atom stereocenters. The first-order chi connectivity index (χ1) is 21.6. The Morgan fingerprint density at radius 3 is 1.11 bits per heavy atom. The molecule has 44 heavy (non-hydrogen) atoms. The third-order valence-electron chi connectivity index (χ3n) is 10.1. The van der Waals surface area contributed by atoms with E-state index in [4.69, 9.17) is 0 Å². The molecule has 204 valence electrons. The van der Waals surface area contributed by atoms with E-state index in [9.17, 15) is 0 Å². The Balaban J connectivity index is 1.51. The van der Waals surface area contributed by atoms with Gasteiger partial charge in [-0.25, -0.2) is 4.57 Å². The molecule has 10 aromatic rings. The highest BCUT2D eigenvalue weighted by molar-refractivity contribution is 6.17. The number of fused-ring (bicyclic) bond motifs is 9. The van der Waals surface area contributed by atoms with Gasteiger partial charge in [0.25, 0.3) is 0 Å². The lowest BCUT2D eigenvalue weighted by Crippen LogP contribution is -2.28. The van der Waals surface area contributed by atoms with Crippen LogP contribution >= 0.6 is 0 Å². The Morgan fingerprint density at radius 1 is 0.318 bits per heavy atom. The topological polar surface area (TPSA) is 3.88 Å². The van der Waals surface area contributed by atoms with Gasteiger partial charge < -0.3 is 0 Å². The Bertz CT molecular complexity index is 2690. The van der Waals surface area contributed by atoms with E-state index in [0.717, 1.165) is 0 Å². The van der Waals surface area contributed by atoms with Gasteiger partial charge in [0.2, 0.25) is 5.52 Å². The summed E-state index contributed by atoms with van der Waals surface area (Å²) >= 11 is 0. The maximum atomic E-state index is 2.42. The van der Waals surface area contributed by atoms with Crippen LogP contribution in [0.25, 0.3) is 97.1 Å². The van der Waals surface area contributed by atoms with Gasteiger partial charge in [-0.1, -0.05) is 84.9 Å². The van der Waals surface area contributed by atoms with Crippen molar-refractivity contribution in [2.75, 3.05) is 0 Å². The molecule has 1 aromatic heterocycles. The van der Waals surface area contributed by atoms with Crippen molar-refractivity contribution in [2.45, 2.75) is 6.92 Å². The van der Waals surface area contributed by atoms with Gasteiger partial charge >= 0.3 is 0 Å². The second-order valence-electron chi connectivity index (χ2n) is 12.6. The standard InChI is InChI=1S/C43H28N/c1-25-17-34-15-9-28-7-13-32-20-39(28)41(34)22-36(25)43-23-42-35(24-44(43)2)16-10-29-8-14-33(21-40(29)42)31-12-6-27-4-3-26-5-11-30(32)18-37(26)38(27)19-31/h3-24H,1-2H3/q+1. The smallest absolute Gasteiger partial charge is 0.200 e. The molecule has 9 aromatic carbocycles. The number of hydrogen-bond acceptors (Lipinski definition) is 0. The van der Waals surface area contributed by atoms with Crippen molar-refractivity contribution in [2.24, 2.45) is 7.05 Å². The summed E-state index contributed by atoms with van der Waals surface area (Å²) in [7, 11) is 2.18. The summed E-state index contributed by atoms with van der Waals surface area (Å²) in [6.45, 7) is 2.25. The molecule has 1 nitrogen and oxygen atoms in total. The molecule has 10 rings (SSSR count). The van der Waals surface area contributed by atoms with Gasteiger partial charge in [0, 0.05) is 22.2 Å². The van der Waals surface area contributed by atoms with Crippen molar-refractivity contribution in [3.63, 3.8) is 0 Å². The normalized spacial score (nSPS) is 12.3. The van der Waals surface area contributed by atoms with E-state index in [1.54, 1.807) is 0 Å². The first-order valence-electron chi connectivity index (χ1n) is 15.4. The zero-order chi connectivity index (χ0) is 29.1. The highest BCUT2D eigenvalue weighted by Gasteiger charge is 2.13. The van der Waals surface area contributed by atoms with Crippen LogP contribution < -0.4 is 4.57 Å². The maximum absolute atomic E-state index is 2.42. The van der Waals surface area contributed by atoms with E-state index < -0.39 is 0 Å². The van der Waals surface area contributed by atoms with Crippen molar-refractivity contribution in [1.82, 2.24) is 0 Å². The lowest BCUT2D eigenvalue weighted by Gasteiger charge is -2.10. The fourth-order valence-electron chi connectivity index (χ4n) is 7.68. The molecule has 0 amide bonds. The van der Waals surface area contributed by atoms with Gasteiger partial charge in [-0.2, -0.15) is 0 Å². The third kappa shape index (κ3) is 3.33. The highest BCUT2D eigenvalue weighted by Crippen LogP contribution is 2.35. The number of pyridine rings is 1. The largest absolute Gasteiger partial charge is 0.213 e. The van der Waals surface area contributed by atoms with E-state index in [2.05, 4.69) is 152 Å². The summed E-state index contributed by atoms with van der Waals surface area (Å²) in [5.74, 6) is 0. The van der Waals surface area contributed by atoms with Gasteiger partial charge in [-0.15, -0.1) is 0 Å². The fourth-order valence-corrected chi connectivity index (χ4v) is 7.68. The summed E-state index contributed by atoms with van der Waals surface area (Å²) in [6.07, 6.45) is 2.29. The maximum Gasteiger partial charge on any atom is 0.213 e. The Hall–Kier alpha value is -5.53. The SMILES string of the molecule is Cc1cc2ccc3ccc4cc3c2cc1c1cc2c(ccc3ccc(cc32)c2ccc3ccc5ccc4cc5c3c2)c[n+]1C. The summed E-state index contributed by atoms with van der Waals surface area (Å²) < 4.78 is 2.29. The van der Waals surface area contributed by atoms with Crippen molar-refractivity contribution in [3.8, 4) is 0 Å². The number of nitrogens with zero attached hydrogens (tertiary/aromatic N) is 1. The molecular weight excluding hydrogens is 530 g/mol. The Labute approximate surface area is 254 Å². The first-order valence-corrected chi connectivity index (χ1v) is 15.4. The van der Waals surface area contributed by atoms with Crippen LogP contribution in [0.2, 0.25) is 0 Å². The average Bonchev–Trinajstić information content (AvgIpc) is 3.06.